The van der Waals surface area contributed by atoms with Crippen molar-refractivity contribution in [1.82, 2.24) is 9.96 Å². The fraction of sp³-hybridized carbons (Fsp3) is 0.800. The van der Waals surface area contributed by atoms with E-state index >= 15 is 0 Å². The second-order valence-electron chi connectivity index (χ2n) is 4.97. The molecule has 15 heavy (non-hydrogen) atoms. The van der Waals surface area contributed by atoms with Crippen LogP contribution in [-0.2, 0) is 9.59 Å². The van der Waals surface area contributed by atoms with Crippen LogP contribution in [0, 0.1) is 0 Å². The third-order valence-corrected chi connectivity index (χ3v) is 2.19. The van der Waals surface area contributed by atoms with Gasteiger partial charge in [0, 0.05) is 12.5 Å². The van der Waals surface area contributed by atoms with Gasteiger partial charge in [-0.3, -0.25) is 14.5 Å². The fourth-order valence-electron chi connectivity index (χ4n) is 1.51. The molecule has 2 amide bonds. The van der Waals surface area contributed by atoms with Gasteiger partial charge >= 0.3 is 0 Å². The van der Waals surface area contributed by atoms with Crippen molar-refractivity contribution in [3.8, 4) is 0 Å². The highest BCUT2D eigenvalue weighted by atomic mass is 16.5. The molecule has 0 fully saturated rings. The standard InChI is InChI=1S/C10H20N2O3/c1-8(14)11(7-13)10(5,6)12(15)9(2,3)4/h7,15H,1-6H3. The first-order valence-corrected chi connectivity index (χ1v) is 4.79. The minimum atomic E-state index is -1.06. The van der Waals surface area contributed by atoms with Gasteiger partial charge in [-0.15, -0.1) is 0 Å². The van der Waals surface area contributed by atoms with Gasteiger partial charge in [-0.2, -0.15) is 5.06 Å². The van der Waals surface area contributed by atoms with Gasteiger partial charge in [0.25, 0.3) is 0 Å². The first-order valence-electron chi connectivity index (χ1n) is 4.79. The van der Waals surface area contributed by atoms with Crippen LogP contribution in [0.2, 0.25) is 0 Å². The molecule has 0 unspecified atom stereocenters. The molecule has 5 nitrogen and oxygen atoms in total. The summed E-state index contributed by atoms with van der Waals surface area (Å²) >= 11 is 0. The number of hydrogen-bond donors (Lipinski definition) is 1. The Hall–Kier alpha value is -0.940. The summed E-state index contributed by atoms with van der Waals surface area (Å²) in [6.45, 7) is 9.86. The van der Waals surface area contributed by atoms with Crippen molar-refractivity contribution in [3.63, 3.8) is 0 Å². The van der Waals surface area contributed by atoms with E-state index in [1.165, 1.54) is 6.92 Å². The third kappa shape index (κ3) is 3.00. The van der Waals surface area contributed by atoms with Crippen LogP contribution in [0.4, 0.5) is 0 Å². The summed E-state index contributed by atoms with van der Waals surface area (Å²) in [5.74, 6) is -0.404. The number of carbonyl (C=O) groups is 2. The Balaban J connectivity index is 5.10. The molecule has 0 aromatic rings. The van der Waals surface area contributed by atoms with Gasteiger partial charge in [0.05, 0.1) is 0 Å². The monoisotopic (exact) mass is 216 g/mol. The molecular formula is C10H20N2O3. The fourth-order valence-corrected chi connectivity index (χ4v) is 1.51. The Morgan fingerprint density at radius 2 is 1.60 bits per heavy atom. The Kier molecular flexibility index (Phi) is 4.01. The lowest BCUT2D eigenvalue weighted by molar-refractivity contribution is -0.253. The zero-order valence-electron chi connectivity index (χ0n) is 10.2. The summed E-state index contributed by atoms with van der Waals surface area (Å²) in [6.07, 6.45) is 0.428. The zero-order valence-corrected chi connectivity index (χ0v) is 10.2. The van der Waals surface area contributed by atoms with Gasteiger partial charge in [0.1, 0.15) is 5.66 Å². The average Bonchev–Trinajstić information content (AvgIpc) is 2.01. The normalized spacial score (nSPS) is 12.8. The SMILES string of the molecule is CC(=O)N(C=O)C(C)(C)N(O)C(C)(C)C. The lowest BCUT2D eigenvalue weighted by atomic mass is 10.0. The summed E-state index contributed by atoms with van der Waals surface area (Å²) < 4.78 is 0. The minimum absolute atomic E-state index is 0.404. The molecule has 0 aliphatic heterocycles. The van der Waals surface area contributed by atoms with Gasteiger partial charge in [-0.05, 0) is 34.6 Å². The highest BCUT2D eigenvalue weighted by molar-refractivity contribution is 5.85. The molecule has 0 spiro atoms. The van der Waals surface area contributed by atoms with Crippen molar-refractivity contribution >= 4 is 12.3 Å². The molecule has 0 aromatic carbocycles. The van der Waals surface area contributed by atoms with Crippen LogP contribution in [0.1, 0.15) is 41.5 Å². The number of carbonyl (C=O) groups excluding carboxylic acids is 2. The van der Waals surface area contributed by atoms with Crippen molar-refractivity contribution in [2.45, 2.75) is 52.7 Å². The number of rotatable bonds is 3. The van der Waals surface area contributed by atoms with E-state index in [1.807, 2.05) is 0 Å². The van der Waals surface area contributed by atoms with Gasteiger partial charge in [-0.25, -0.2) is 0 Å². The molecule has 0 atom stereocenters. The maximum atomic E-state index is 11.2. The highest BCUT2D eigenvalue weighted by Gasteiger charge is 2.40. The molecule has 0 heterocycles. The molecule has 1 N–H and O–H groups in total. The molecule has 0 aromatic heterocycles. The van der Waals surface area contributed by atoms with Crippen molar-refractivity contribution in [3.05, 3.63) is 0 Å². The van der Waals surface area contributed by atoms with E-state index in [-0.39, 0.29) is 0 Å². The summed E-state index contributed by atoms with van der Waals surface area (Å²) in [4.78, 5) is 23.0. The third-order valence-electron chi connectivity index (χ3n) is 2.19. The van der Waals surface area contributed by atoms with Gasteiger partial charge < -0.3 is 5.21 Å². The van der Waals surface area contributed by atoms with Gasteiger partial charge in [0.2, 0.25) is 12.3 Å². The molecule has 88 valence electrons. The first kappa shape index (κ1) is 14.1. The van der Waals surface area contributed by atoms with Crippen molar-refractivity contribution in [2.24, 2.45) is 0 Å². The van der Waals surface area contributed by atoms with E-state index in [0.717, 1.165) is 9.96 Å². The number of hydrogen-bond acceptors (Lipinski definition) is 4. The molecule has 5 heteroatoms. The number of amides is 2. The van der Waals surface area contributed by atoms with Crippen molar-refractivity contribution < 1.29 is 14.8 Å². The smallest absolute Gasteiger partial charge is 0.227 e. The van der Waals surface area contributed by atoms with Gasteiger partial charge in [-0.1, -0.05) is 0 Å². The maximum Gasteiger partial charge on any atom is 0.227 e. The van der Waals surface area contributed by atoms with Gasteiger partial charge in [0.15, 0.2) is 0 Å². The maximum absolute atomic E-state index is 11.2. The zero-order chi connectivity index (χ0) is 12.4. The topological polar surface area (TPSA) is 60.9 Å². The average molecular weight is 216 g/mol. The second kappa shape index (κ2) is 4.28. The molecule has 0 aliphatic rings. The summed E-state index contributed by atoms with van der Waals surface area (Å²) in [7, 11) is 0. The van der Waals surface area contributed by atoms with E-state index in [9.17, 15) is 14.8 Å². The lowest BCUT2D eigenvalue weighted by Crippen LogP contribution is -2.62. The lowest BCUT2D eigenvalue weighted by Gasteiger charge is -2.45. The van der Waals surface area contributed by atoms with E-state index in [4.69, 9.17) is 0 Å². The molecule has 0 saturated carbocycles. The Morgan fingerprint density at radius 3 is 1.80 bits per heavy atom. The minimum Gasteiger partial charge on any atom is -0.311 e. The quantitative estimate of drug-likeness (QED) is 0.437. The molecular weight excluding hydrogens is 196 g/mol. The van der Waals surface area contributed by atoms with Crippen molar-refractivity contribution in [1.29, 1.82) is 0 Å². The molecule has 0 rings (SSSR count). The van der Waals surface area contributed by atoms with Crippen LogP contribution in [0.3, 0.4) is 0 Å². The largest absolute Gasteiger partial charge is 0.311 e. The number of imide groups is 1. The highest BCUT2D eigenvalue weighted by Crippen LogP contribution is 2.25. The predicted octanol–water partition coefficient (Wildman–Crippen LogP) is 1.22. The van der Waals surface area contributed by atoms with Crippen LogP contribution in [-0.4, -0.2) is 38.7 Å². The first-order chi connectivity index (χ1) is 6.55. The molecule has 0 saturated heterocycles. The van der Waals surface area contributed by atoms with E-state index in [0.29, 0.717) is 6.41 Å². The Labute approximate surface area is 90.6 Å². The summed E-state index contributed by atoms with van der Waals surface area (Å²) in [5.41, 5.74) is -1.62. The van der Waals surface area contributed by atoms with Crippen LogP contribution >= 0.6 is 0 Å². The number of hydroxylamine groups is 2. The van der Waals surface area contributed by atoms with Crippen LogP contribution < -0.4 is 0 Å². The van der Waals surface area contributed by atoms with E-state index in [1.54, 1.807) is 34.6 Å². The summed E-state index contributed by atoms with van der Waals surface area (Å²) in [5, 5.41) is 10.9. The Morgan fingerprint density at radius 1 is 1.20 bits per heavy atom. The molecule has 0 radical (unpaired) electrons. The number of nitrogens with zero attached hydrogens (tertiary/aromatic N) is 2. The van der Waals surface area contributed by atoms with Crippen LogP contribution in [0.15, 0.2) is 0 Å². The van der Waals surface area contributed by atoms with Crippen LogP contribution in [0.25, 0.3) is 0 Å². The molecule has 0 bridgehead atoms. The summed E-state index contributed by atoms with van der Waals surface area (Å²) in [6, 6.07) is 0. The Bertz CT molecular complexity index is 256. The van der Waals surface area contributed by atoms with Crippen LogP contribution in [0.5, 0.6) is 0 Å². The molecule has 0 aliphatic carbocycles. The second-order valence-corrected chi connectivity index (χ2v) is 4.97. The predicted molar refractivity (Wildman–Crippen MR) is 56.0 cm³/mol. The van der Waals surface area contributed by atoms with E-state index < -0.39 is 17.1 Å². The van der Waals surface area contributed by atoms with Crippen molar-refractivity contribution in [2.75, 3.05) is 0 Å². The van der Waals surface area contributed by atoms with E-state index in [2.05, 4.69) is 0 Å².